The standard InChI is InChI=1S/C16H26N2O2/c1-14(11-18-16(19)9-6-10-17-2)12-20-13-15-7-4-3-5-8-15/h3-5,7-8,14,17H,6,9-13H2,1-2H3,(H,18,19). The quantitative estimate of drug-likeness (QED) is 0.643. The van der Waals surface area contributed by atoms with E-state index in [2.05, 4.69) is 17.6 Å². The summed E-state index contributed by atoms with van der Waals surface area (Å²) in [4.78, 5) is 11.5. The fourth-order valence-electron chi connectivity index (χ4n) is 1.81. The second kappa shape index (κ2) is 10.4. The van der Waals surface area contributed by atoms with Gasteiger partial charge in [0.05, 0.1) is 13.2 Å². The van der Waals surface area contributed by atoms with Crippen LogP contribution in [-0.2, 0) is 16.1 Å². The average molecular weight is 278 g/mol. The Morgan fingerprint density at radius 1 is 1.30 bits per heavy atom. The number of amides is 1. The van der Waals surface area contributed by atoms with Gasteiger partial charge in [-0.3, -0.25) is 4.79 Å². The van der Waals surface area contributed by atoms with E-state index in [0.29, 0.717) is 32.1 Å². The Hall–Kier alpha value is -1.39. The maximum absolute atomic E-state index is 11.5. The largest absolute Gasteiger partial charge is 0.376 e. The van der Waals surface area contributed by atoms with Crippen LogP contribution in [0.3, 0.4) is 0 Å². The van der Waals surface area contributed by atoms with Crippen molar-refractivity contribution in [2.45, 2.75) is 26.4 Å². The maximum atomic E-state index is 11.5. The van der Waals surface area contributed by atoms with Crippen molar-refractivity contribution >= 4 is 5.91 Å². The van der Waals surface area contributed by atoms with Crippen LogP contribution in [0.5, 0.6) is 0 Å². The summed E-state index contributed by atoms with van der Waals surface area (Å²) in [6, 6.07) is 10.1. The molecule has 0 aliphatic rings. The molecule has 0 aromatic heterocycles. The number of benzene rings is 1. The van der Waals surface area contributed by atoms with Gasteiger partial charge in [-0.2, -0.15) is 0 Å². The van der Waals surface area contributed by atoms with Crippen molar-refractivity contribution in [1.82, 2.24) is 10.6 Å². The van der Waals surface area contributed by atoms with Crippen molar-refractivity contribution in [1.29, 1.82) is 0 Å². The van der Waals surface area contributed by atoms with E-state index in [-0.39, 0.29) is 5.91 Å². The van der Waals surface area contributed by atoms with Crippen LogP contribution in [0, 0.1) is 5.92 Å². The molecule has 0 saturated heterocycles. The lowest BCUT2D eigenvalue weighted by Gasteiger charge is -2.13. The van der Waals surface area contributed by atoms with E-state index in [9.17, 15) is 4.79 Å². The van der Waals surface area contributed by atoms with E-state index in [1.807, 2.05) is 37.4 Å². The van der Waals surface area contributed by atoms with E-state index < -0.39 is 0 Å². The van der Waals surface area contributed by atoms with E-state index >= 15 is 0 Å². The number of hydrogen-bond acceptors (Lipinski definition) is 3. The number of nitrogens with one attached hydrogen (secondary N) is 2. The van der Waals surface area contributed by atoms with Gasteiger partial charge in [0, 0.05) is 13.0 Å². The fourth-order valence-corrected chi connectivity index (χ4v) is 1.81. The summed E-state index contributed by atoms with van der Waals surface area (Å²) in [5.41, 5.74) is 1.18. The van der Waals surface area contributed by atoms with Crippen LogP contribution in [0.1, 0.15) is 25.3 Å². The van der Waals surface area contributed by atoms with Gasteiger partial charge in [-0.25, -0.2) is 0 Å². The Kier molecular flexibility index (Phi) is 8.67. The summed E-state index contributed by atoms with van der Waals surface area (Å²) in [6.07, 6.45) is 1.46. The fraction of sp³-hybridized carbons (Fsp3) is 0.562. The molecular formula is C16H26N2O2. The first-order valence-corrected chi connectivity index (χ1v) is 7.25. The van der Waals surface area contributed by atoms with E-state index in [1.54, 1.807) is 0 Å². The van der Waals surface area contributed by atoms with Gasteiger partial charge in [0.2, 0.25) is 5.91 Å². The van der Waals surface area contributed by atoms with E-state index in [1.165, 1.54) is 5.56 Å². The highest BCUT2D eigenvalue weighted by molar-refractivity contribution is 5.75. The predicted molar refractivity (Wildman–Crippen MR) is 81.4 cm³/mol. The van der Waals surface area contributed by atoms with Gasteiger partial charge < -0.3 is 15.4 Å². The Labute approximate surface area is 121 Å². The van der Waals surface area contributed by atoms with Gasteiger partial charge in [-0.05, 0) is 31.5 Å². The van der Waals surface area contributed by atoms with Crippen LogP contribution in [0.25, 0.3) is 0 Å². The van der Waals surface area contributed by atoms with Crippen molar-refractivity contribution in [2.24, 2.45) is 5.92 Å². The zero-order chi connectivity index (χ0) is 14.6. The summed E-state index contributed by atoms with van der Waals surface area (Å²) in [5.74, 6) is 0.446. The van der Waals surface area contributed by atoms with E-state index in [0.717, 1.165) is 13.0 Å². The van der Waals surface area contributed by atoms with Gasteiger partial charge in [0.1, 0.15) is 0 Å². The van der Waals surface area contributed by atoms with Crippen molar-refractivity contribution in [3.63, 3.8) is 0 Å². The average Bonchev–Trinajstić information content (AvgIpc) is 2.46. The third kappa shape index (κ3) is 7.92. The van der Waals surface area contributed by atoms with Gasteiger partial charge in [0.15, 0.2) is 0 Å². The number of ether oxygens (including phenoxy) is 1. The first-order chi connectivity index (χ1) is 9.72. The van der Waals surface area contributed by atoms with Crippen LogP contribution < -0.4 is 10.6 Å². The second-order valence-corrected chi connectivity index (χ2v) is 5.12. The molecule has 20 heavy (non-hydrogen) atoms. The summed E-state index contributed by atoms with van der Waals surface area (Å²) in [6.45, 7) is 4.92. The molecule has 1 atom stereocenters. The monoisotopic (exact) mass is 278 g/mol. The van der Waals surface area contributed by atoms with Crippen molar-refractivity contribution in [3.8, 4) is 0 Å². The lowest BCUT2D eigenvalue weighted by Crippen LogP contribution is -2.30. The lowest BCUT2D eigenvalue weighted by molar-refractivity contribution is -0.121. The molecular weight excluding hydrogens is 252 g/mol. The molecule has 0 saturated carbocycles. The molecule has 4 nitrogen and oxygen atoms in total. The van der Waals surface area contributed by atoms with Crippen LogP contribution in [-0.4, -0.2) is 32.7 Å². The van der Waals surface area contributed by atoms with Crippen molar-refractivity contribution < 1.29 is 9.53 Å². The zero-order valence-electron chi connectivity index (χ0n) is 12.5. The van der Waals surface area contributed by atoms with Crippen LogP contribution >= 0.6 is 0 Å². The number of rotatable bonds is 10. The molecule has 2 N–H and O–H groups in total. The number of carbonyl (C=O) groups is 1. The first-order valence-electron chi connectivity index (χ1n) is 7.25. The topological polar surface area (TPSA) is 50.4 Å². The number of carbonyl (C=O) groups excluding carboxylic acids is 1. The molecule has 1 rings (SSSR count). The minimum atomic E-state index is 0.121. The Morgan fingerprint density at radius 2 is 2.05 bits per heavy atom. The molecule has 0 aliphatic carbocycles. The van der Waals surface area contributed by atoms with Gasteiger partial charge in [0.25, 0.3) is 0 Å². The van der Waals surface area contributed by atoms with Crippen LogP contribution in [0.15, 0.2) is 30.3 Å². The summed E-state index contributed by atoms with van der Waals surface area (Å²) >= 11 is 0. The highest BCUT2D eigenvalue weighted by Crippen LogP contribution is 2.03. The smallest absolute Gasteiger partial charge is 0.220 e. The Balaban J connectivity index is 2.05. The minimum absolute atomic E-state index is 0.121. The zero-order valence-corrected chi connectivity index (χ0v) is 12.5. The predicted octanol–water partition coefficient (Wildman–Crippen LogP) is 1.96. The molecule has 1 aromatic carbocycles. The highest BCUT2D eigenvalue weighted by Gasteiger charge is 2.05. The Bertz CT molecular complexity index is 368. The molecule has 1 amide bonds. The number of hydrogen-bond donors (Lipinski definition) is 2. The summed E-state index contributed by atoms with van der Waals surface area (Å²) < 4.78 is 5.65. The minimum Gasteiger partial charge on any atom is -0.376 e. The molecule has 1 aromatic rings. The van der Waals surface area contributed by atoms with Crippen molar-refractivity contribution in [2.75, 3.05) is 26.7 Å². The van der Waals surface area contributed by atoms with Gasteiger partial charge in [-0.15, -0.1) is 0 Å². The lowest BCUT2D eigenvalue weighted by atomic mass is 10.2. The molecule has 0 fully saturated rings. The molecule has 0 heterocycles. The molecule has 1 unspecified atom stereocenters. The molecule has 4 heteroatoms. The second-order valence-electron chi connectivity index (χ2n) is 5.12. The molecule has 0 radical (unpaired) electrons. The third-order valence-corrected chi connectivity index (χ3v) is 2.99. The summed E-state index contributed by atoms with van der Waals surface area (Å²) in [7, 11) is 1.89. The van der Waals surface area contributed by atoms with Gasteiger partial charge in [-0.1, -0.05) is 37.3 Å². The van der Waals surface area contributed by atoms with E-state index in [4.69, 9.17) is 4.74 Å². The van der Waals surface area contributed by atoms with Crippen LogP contribution in [0.4, 0.5) is 0 Å². The first kappa shape index (κ1) is 16.7. The SMILES string of the molecule is CNCCCC(=O)NCC(C)COCc1ccccc1. The molecule has 112 valence electrons. The maximum Gasteiger partial charge on any atom is 0.220 e. The molecule has 0 aliphatic heterocycles. The molecule has 0 spiro atoms. The normalized spacial score (nSPS) is 12.1. The van der Waals surface area contributed by atoms with Crippen molar-refractivity contribution in [3.05, 3.63) is 35.9 Å². The third-order valence-electron chi connectivity index (χ3n) is 2.99. The van der Waals surface area contributed by atoms with Gasteiger partial charge >= 0.3 is 0 Å². The van der Waals surface area contributed by atoms with Crippen LogP contribution in [0.2, 0.25) is 0 Å². The Morgan fingerprint density at radius 3 is 2.75 bits per heavy atom. The highest BCUT2D eigenvalue weighted by atomic mass is 16.5. The molecule has 0 bridgehead atoms. The summed E-state index contributed by atoms with van der Waals surface area (Å²) in [5, 5.41) is 5.97.